The highest BCUT2D eigenvalue weighted by Crippen LogP contribution is 2.42. The molecule has 3 aromatic heterocycles. The molecule has 3 aromatic rings. The van der Waals surface area contributed by atoms with Gasteiger partial charge in [-0.15, -0.1) is 11.3 Å². The van der Waals surface area contributed by atoms with Crippen molar-refractivity contribution in [1.29, 1.82) is 0 Å². The molecule has 0 bridgehead atoms. The second-order valence-corrected chi connectivity index (χ2v) is 6.17. The standard InChI is InChI=1S/C13H14N4S/c1-7-4-3-5-9-10(7)11-12-15-8(2)16-17(12)6-14-13(11)18-9/h6-7H,3-5H2,1-2H3/t7-/m1/s1. The number of nitrogens with zero attached hydrogens (tertiary/aromatic N) is 4. The van der Waals surface area contributed by atoms with Gasteiger partial charge in [-0.3, -0.25) is 0 Å². The Morgan fingerprint density at radius 3 is 3.22 bits per heavy atom. The largest absolute Gasteiger partial charge is 0.225 e. The number of thiophene rings is 1. The van der Waals surface area contributed by atoms with Gasteiger partial charge in [-0.05, 0) is 37.7 Å². The third-order valence-electron chi connectivity index (χ3n) is 3.78. The van der Waals surface area contributed by atoms with Crippen molar-refractivity contribution in [3.63, 3.8) is 0 Å². The van der Waals surface area contributed by atoms with Crippen LogP contribution in [0.3, 0.4) is 0 Å². The summed E-state index contributed by atoms with van der Waals surface area (Å²) in [7, 11) is 0. The average Bonchev–Trinajstić information content (AvgIpc) is 2.88. The number of hydrogen-bond acceptors (Lipinski definition) is 4. The first-order chi connectivity index (χ1) is 8.74. The summed E-state index contributed by atoms with van der Waals surface area (Å²) in [6, 6.07) is 0. The Morgan fingerprint density at radius 1 is 1.44 bits per heavy atom. The van der Waals surface area contributed by atoms with Crippen LogP contribution in [0.4, 0.5) is 0 Å². The van der Waals surface area contributed by atoms with Gasteiger partial charge in [-0.2, -0.15) is 5.10 Å². The van der Waals surface area contributed by atoms with Crippen molar-refractivity contribution < 1.29 is 0 Å². The molecule has 4 nitrogen and oxygen atoms in total. The summed E-state index contributed by atoms with van der Waals surface area (Å²) in [4.78, 5) is 11.7. The molecule has 1 aliphatic rings. The van der Waals surface area contributed by atoms with Crippen molar-refractivity contribution in [2.75, 3.05) is 0 Å². The van der Waals surface area contributed by atoms with Gasteiger partial charge in [0.05, 0.1) is 5.39 Å². The van der Waals surface area contributed by atoms with Crippen LogP contribution in [0.5, 0.6) is 0 Å². The summed E-state index contributed by atoms with van der Waals surface area (Å²) in [5.41, 5.74) is 2.45. The number of aryl methyl sites for hydroxylation is 2. The molecule has 0 aliphatic heterocycles. The van der Waals surface area contributed by atoms with Crippen LogP contribution in [0.1, 0.15) is 41.9 Å². The van der Waals surface area contributed by atoms with Crippen molar-refractivity contribution in [3.05, 3.63) is 22.6 Å². The van der Waals surface area contributed by atoms with E-state index in [0.29, 0.717) is 5.92 Å². The van der Waals surface area contributed by atoms with Crippen molar-refractivity contribution in [2.24, 2.45) is 0 Å². The van der Waals surface area contributed by atoms with Gasteiger partial charge in [0.15, 0.2) is 5.65 Å². The van der Waals surface area contributed by atoms with Gasteiger partial charge < -0.3 is 0 Å². The van der Waals surface area contributed by atoms with E-state index in [4.69, 9.17) is 0 Å². The molecule has 0 radical (unpaired) electrons. The molecule has 0 N–H and O–H groups in total. The first-order valence-corrected chi connectivity index (χ1v) is 7.19. The Hall–Kier alpha value is -1.49. The zero-order valence-electron chi connectivity index (χ0n) is 10.5. The van der Waals surface area contributed by atoms with Crippen LogP contribution in [-0.4, -0.2) is 19.6 Å². The highest BCUT2D eigenvalue weighted by atomic mass is 32.1. The monoisotopic (exact) mass is 258 g/mol. The van der Waals surface area contributed by atoms with E-state index in [-0.39, 0.29) is 0 Å². The predicted octanol–water partition coefficient (Wildman–Crippen LogP) is 3.09. The minimum Gasteiger partial charge on any atom is -0.225 e. The Balaban J connectivity index is 2.19. The molecule has 4 rings (SSSR count). The lowest BCUT2D eigenvalue weighted by molar-refractivity contribution is 0.602. The summed E-state index contributed by atoms with van der Waals surface area (Å²) >= 11 is 1.84. The van der Waals surface area contributed by atoms with E-state index in [1.807, 2.05) is 22.8 Å². The minimum absolute atomic E-state index is 0.618. The molecule has 0 saturated heterocycles. The average molecular weight is 258 g/mol. The molecule has 0 unspecified atom stereocenters. The molecular formula is C13H14N4S. The van der Waals surface area contributed by atoms with Gasteiger partial charge in [0.25, 0.3) is 0 Å². The fourth-order valence-corrected chi connectivity index (χ4v) is 4.29. The molecule has 0 aromatic carbocycles. The maximum absolute atomic E-state index is 4.57. The number of aromatic nitrogens is 4. The smallest absolute Gasteiger partial charge is 0.167 e. The maximum atomic E-state index is 4.57. The van der Waals surface area contributed by atoms with Gasteiger partial charge in [0, 0.05) is 4.88 Å². The third-order valence-corrected chi connectivity index (χ3v) is 4.96. The van der Waals surface area contributed by atoms with E-state index in [0.717, 1.165) is 16.3 Å². The van der Waals surface area contributed by atoms with Crippen LogP contribution in [0.2, 0.25) is 0 Å². The third kappa shape index (κ3) is 1.28. The Morgan fingerprint density at radius 2 is 2.33 bits per heavy atom. The molecular weight excluding hydrogens is 244 g/mol. The summed E-state index contributed by atoms with van der Waals surface area (Å²) < 4.78 is 1.81. The van der Waals surface area contributed by atoms with Crippen LogP contribution < -0.4 is 0 Å². The van der Waals surface area contributed by atoms with Gasteiger partial charge in [0.2, 0.25) is 0 Å². The van der Waals surface area contributed by atoms with Gasteiger partial charge in [-0.25, -0.2) is 14.5 Å². The number of fused-ring (bicyclic) bond motifs is 5. The highest BCUT2D eigenvalue weighted by molar-refractivity contribution is 7.19. The van der Waals surface area contributed by atoms with E-state index in [2.05, 4.69) is 22.0 Å². The second-order valence-electron chi connectivity index (χ2n) is 5.08. The van der Waals surface area contributed by atoms with Gasteiger partial charge in [-0.1, -0.05) is 6.92 Å². The lowest BCUT2D eigenvalue weighted by Gasteiger charge is -2.18. The van der Waals surface area contributed by atoms with E-state index >= 15 is 0 Å². The quantitative estimate of drug-likeness (QED) is 0.622. The maximum Gasteiger partial charge on any atom is 0.167 e. The van der Waals surface area contributed by atoms with E-state index in [1.165, 1.54) is 35.1 Å². The van der Waals surface area contributed by atoms with E-state index in [1.54, 1.807) is 6.33 Å². The molecule has 0 fully saturated rings. The van der Waals surface area contributed by atoms with Crippen LogP contribution in [0, 0.1) is 6.92 Å². The highest BCUT2D eigenvalue weighted by Gasteiger charge is 2.24. The first-order valence-electron chi connectivity index (χ1n) is 6.37. The predicted molar refractivity (Wildman–Crippen MR) is 72.3 cm³/mol. The fourth-order valence-electron chi connectivity index (χ4n) is 2.99. The van der Waals surface area contributed by atoms with Crippen molar-refractivity contribution in [2.45, 2.75) is 39.0 Å². The van der Waals surface area contributed by atoms with Crippen molar-refractivity contribution >= 4 is 27.2 Å². The zero-order chi connectivity index (χ0) is 12.3. The van der Waals surface area contributed by atoms with Crippen molar-refractivity contribution in [1.82, 2.24) is 19.6 Å². The van der Waals surface area contributed by atoms with Crippen molar-refractivity contribution in [3.8, 4) is 0 Å². The fraction of sp³-hybridized carbons (Fsp3) is 0.462. The molecule has 5 heteroatoms. The van der Waals surface area contributed by atoms with E-state index < -0.39 is 0 Å². The Kier molecular flexibility index (Phi) is 2.03. The second kappa shape index (κ2) is 3.51. The summed E-state index contributed by atoms with van der Waals surface area (Å²) in [6.07, 6.45) is 5.54. The van der Waals surface area contributed by atoms with Gasteiger partial charge in [0.1, 0.15) is 17.0 Å². The minimum atomic E-state index is 0.618. The molecule has 3 heterocycles. The molecule has 0 spiro atoms. The first kappa shape index (κ1) is 10.4. The molecule has 1 aliphatic carbocycles. The Labute approximate surface area is 109 Å². The molecule has 0 amide bonds. The molecule has 18 heavy (non-hydrogen) atoms. The zero-order valence-corrected chi connectivity index (χ0v) is 11.3. The lowest BCUT2D eigenvalue weighted by Crippen LogP contribution is -2.04. The Bertz CT molecular complexity index is 755. The summed E-state index contributed by atoms with van der Waals surface area (Å²) in [5.74, 6) is 1.43. The van der Waals surface area contributed by atoms with E-state index in [9.17, 15) is 0 Å². The number of rotatable bonds is 0. The molecule has 1 atom stereocenters. The van der Waals surface area contributed by atoms with Gasteiger partial charge >= 0.3 is 0 Å². The van der Waals surface area contributed by atoms with Crippen LogP contribution >= 0.6 is 11.3 Å². The number of hydrogen-bond donors (Lipinski definition) is 0. The van der Waals surface area contributed by atoms with Crippen LogP contribution in [-0.2, 0) is 6.42 Å². The normalized spacial score (nSPS) is 19.6. The molecule has 92 valence electrons. The van der Waals surface area contributed by atoms with Crippen LogP contribution in [0.15, 0.2) is 6.33 Å². The summed E-state index contributed by atoms with van der Waals surface area (Å²) in [6.45, 7) is 4.25. The lowest BCUT2D eigenvalue weighted by atomic mass is 9.87. The topological polar surface area (TPSA) is 43.1 Å². The molecule has 0 saturated carbocycles. The summed E-state index contributed by atoms with van der Waals surface area (Å²) in [5, 5.41) is 5.61. The SMILES string of the molecule is Cc1nc2c3c4c(sc3ncn2n1)CCC[C@H]4C. The van der Waals surface area contributed by atoms with Crippen LogP contribution in [0.25, 0.3) is 15.9 Å².